The third-order valence-electron chi connectivity index (χ3n) is 6.64. The zero-order chi connectivity index (χ0) is 28.3. The summed E-state index contributed by atoms with van der Waals surface area (Å²) in [6.07, 6.45) is 0. The highest BCUT2D eigenvalue weighted by atomic mass is 32.2. The number of amides is 2. The first-order valence-electron chi connectivity index (χ1n) is 12.9. The number of nitrogens with one attached hydrogen (secondary N) is 1. The Hall–Kier alpha value is -4.47. The van der Waals surface area contributed by atoms with Gasteiger partial charge < -0.3 is 15.0 Å². The molecule has 0 bridgehead atoms. The Morgan fingerprint density at radius 2 is 1.68 bits per heavy atom. The predicted octanol–water partition coefficient (Wildman–Crippen LogP) is 7.12. The van der Waals surface area contributed by atoms with Crippen molar-refractivity contribution in [1.82, 2.24) is 4.90 Å². The van der Waals surface area contributed by atoms with Crippen LogP contribution in [0.15, 0.2) is 123 Å². The van der Waals surface area contributed by atoms with Crippen molar-refractivity contribution in [1.29, 1.82) is 0 Å². The van der Waals surface area contributed by atoms with Crippen LogP contribution in [0.2, 0.25) is 0 Å². The molecule has 1 N–H and O–H groups in total. The second kappa shape index (κ2) is 11.6. The molecule has 0 radical (unpaired) electrons. The molecule has 0 aromatic heterocycles. The van der Waals surface area contributed by atoms with Crippen molar-refractivity contribution in [3.63, 3.8) is 0 Å². The van der Waals surface area contributed by atoms with Gasteiger partial charge in [0.15, 0.2) is 5.17 Å². The van der Waals surface area contributed by atoms with Crippen LogP contribution in [-0.4, -0.2) is 36.0 Å². The van der Waals surface area contributed by atoms with Gasteiger partial charge in [-0.05, 0) is 65.9 Å². The smallest absolute Gasteiger partial charge is 0.269 e. The fraction of sp³-hybridized carbons (Fsp3) is 0.0938. The Kier molecular flexibility index (Phi) is 7.54. The maximum absolute atomic E-state index is 13.9. The van der Waals surface area contributed by atoms with Gasteiger partial charge in [0, 0.05) is 23.2 Å². The van der Waals surface area contributed by atoms with Crippen molar-refractivity contribution in [3.05, 3.63) is 124 Å². The monoisotopic (exact) mass is 578 g/mol. The summed E-state index contributed by atoms with van der Waals surface area (Å²) in [5.74, 6) is 0.276. The summed E-state index contributed by atoms with van der Waals surface area (Å²) in [6, 6.07) is 32.3. The first-order chi connectivity index (χ1) is 20.0. The normalized spacial score (nSPS) is 17.2. The number of nitrogens with zero attached hydrogens (tertiary/aromatic N) is 3. The van der Waals surface area contributed by atoms with Crippen molar-refractivity contribution in [3.8, 4) is 5.75 Å². The van der Waals surface area contributed by atoms with Crippen LogP contribution in [0.3, 0.4) is 0 Å². The van der Waals surface area contributed by atoms with E-state index in [-0.39, 0.29) is 11.8 Å². The maximum Gasteiger partial charge on any atom is 0.269 e. The molecule has 41 heavy (non-hydrogen) atoms. The largest absolute Gasteiger partial charge is 0.497 e. The van der Waals surface area contributed by atoms with Crippen molar-refractivity contribution < 1.29 is 14.3 Å². The molecule has 9 heteroatoms. The molecule has 0 unspecified atom stereocenters. The summed E-state index contributed by atoms with van der Waals surface area (Å²) in [5.41, 5.74) is 3.80. The Labute approximate surface area is 246 Å². The van der Waals surface area contributed by atoms with E-state index < -0.39 is 0 Å². The van der Waals surface area contributed by atoms with E-state index in [0.29, 0.717) is 39.3 Å². The highest BCUT2D eigenvalue weighted by Crippen LogP contribution is 2.50. The van der Waals surface area contributed by atoms with Gasteiger partial charge in [-0.2, -0.15) is 0 Å². The fourth-order valence-electron chi connectivity index (χ4n) is 4.56. The number of amidine groups is 1. The topological polar surface area (TPSA) is 74.2 Å². The molecule has 0 aliphatic carbocycles. The van der Waals surface area contributed by atoms with Gasteiger partial charge >= 0.3 is 0 Å². The second-order valence-electron chi connectivity index (χ2n) is 9.37. The zero-order valence-corrected chi connectivity index (χ0v) is 24.0. The van der Waals surface area contributed by atoms with E-state index in [0.717, 1.165) is 21.2 Å². The lowest BCUT2D eigenvalue weighted by Gasteiger charge is -2.17. The Balaban J connectivity index is 1.31. The van der Waals surface area contributed by atoms with Crippen LogP contribution in [0.1, 0.15) is 15.9 Å². The number of anilines is 2. The Morgan fingerprint density at radius 3 is 2.49 bits per heavy atom. The number of ether oxygens (including phenoxy) is 1. The van der Waals surface area contributed by atoms with Crippen LogP contribution in [0.4, 0.5) is 17.1 Å². The Bertz CT molecular complexity index is 1700. The minimum absolute atomic E-state index is 0.0813. The summed E-state index contributed by atoms with van der Waals surface area (Å²) in [4.78, 5) is 37.2. The van der Waals surface area contributed by atoms with Crippen molar-refractivity contribution >= 4 is 57.6 Å². The molecule has 204 valence electrons. The van der Waals surface area contributed by atoms with Gasteiger partial charge in [-0.15, -0.1) is 0 Å². The number of hydrogen-bond acceptors (Lipinski definition) is 7. The van der Waals surface area contributed by atoms with E-state index in [1.54, 1.807) is 54.1 Å². The quantitative estimate of drug-likeness (QED) is 0.246. The zero-order valence-electron chi connectivity index (χ0n) is 22.4. The number of aliphatic imine (C=N–C) groups is 1. The molecule has 1 fully saturated rings. The van der Waals surface area contributed by atoms with E-state index >= 15 is 0 Å². The summed E-state index contributed by atoms with van der Waals surface area (Å²) in [6.45, 7) is 0.399. The van der Waals surface area contributed by atoms with Crippen molar-refractivity contribution in [2.45, 2.75) is 11.4 Å². The first kappa shape index (κ1) is 26.7. The summed E-state index contributed by atoms with van der Waals surface area (Å²) >= 11 is 2.97. The van der Waals surface area contributed by atoms with Gasteiger partial charge in [-0.25, -0.2) is 4.99 Å². The number of thioether (sulfide) groups is 2. The summed E-state index contributed by atoms with van der Waals surface area (Å²) in [7, 11) is 3.55. The lowest BCUT2D eigenvalue weighted by molar-refractivity contribution is -0.122. The number of fused-ring (bicyclic) bond motifs is 1. The van der Waals surface area contributed by atoms with E-state index in [1.807, 2.05) is 67.7 Å². The van der Waals surface area contributed by atoms with E-state index in [1.165, 1.54) is 11.8 Å². The fourth-order valence-corrected chi connectivity index (χ4v) is 6.90. The average Bonchev–Trinajstić information content (AvgIpc) is 3.49. The van der Waals surface area contributed by atoms with Gasteiger partial charge in [0.2, 0.25) is 0 Å². The summed E-state index contributed by atoms with van der Waals surface area (Å²) < 4.78 is 5.24. The molecule has 0 saturated carbocycles. The number of carbonyl (C=O) groups is 2. The lowest BCUT2D eigenvalue weighted by Crippen LogP contribution is -2.29. The van der Waals surface area contributed by atoms with E-state index in [2.05, 4.69) is 22.3 Å². The van der Waals surface area contributed by atoms with Crippen LogP contribution in [-0.2, 0) is 11.3 Å². The number of carbonyl (C=O) groups excluding carboxylic acids is 2. The molecule has 0 atom stereocenters. The number of para-hydroxylation sites is 1. The van der Waals surface area contributed by atoms with Gasteiger partial charge in [0.1, 0.15) is 10.7 Å². The minimum Gasteiger partial charge on any atom is -0.497 e. The van der Waals surface area contributed by atoms with Crippen molar-refractivity contribution in [2.75, 3.05) is 24.4 Å². The van der Waals surface area contributed by atoms with E-state index in [9.17, 15) is 9.59 Å². The third-order valence-corrected chi connectivity index (χ3v) is 9.07. The molecule has 1 saturated heterocycles. The van der Waals surface area contributed by atoms with Gasteiger partial charge in [0.25, 0.3) is 11.8 Å². The standard InChI is InChI=1S/C32H26N4O3S2/c1-35-26-16-6-7-17-27(26)40-31(35)28-30(38)36(20-21-10-4-3-5-11-21)32(41-28)34-24-14-9-13-23(19-24)33-29(37)22-12-8-15-25(18-22)39-2/h3-19H,20H2,1-2H3,(H,33,37). The predicted molar refractivity (Wildman–Crippen MR) is 167 cm³/mol. The van der Waals surface area contributed by atoms with Crippen LogP contribution in [0.5, 0.6) is 5.75 Å². The molecule has 7 nitrogen and oxygen atoms in total. The van der Waals surface area contributed by atoms with Crippen molar-refractivity contribution in [2.24, 2.45) is 4.99 Å². The van der Waals surface area contributed by atoms with Gasteiger partial charge in [-0.1, -0.05) is 66.4 Å². The van der Waals surface area contributed by atoms with E-state index in [4.69, 9.17) is 9.73 Å². The van der Waals surface area contributed by atoms with Crippen LogP contribution >= 0.6 is 23.5 Å². The molecule has 0 spiro atoms. The SMILES string of the molecule is COc1cccc(C(=O)Nc2cccc(N=C3SC(=C4Sc5ccccc5N4C)C(=O)N3Cc3ccccc3)c2)c1. The molecule has 4 aromatic carbocycles. The molecule has 4 aromatic rings. The molecule has 2 aliphatic heterocycles. The third kappa shape index (κ3) is 5.59. The second-order valence-corrected chi connectivity index (χ2v) is 11.4. The maximum atomic E-state index is 13.9. The van der Waals surface area contributed by atoms with Gasteiger partial charge in [-0.3, -0.25) is 14.5 Å². The highest BCUT2D eigenvalue weighted by molar-refractivity contribution is 8.19. The molecule has 2 aliphatic rings. The van der Waals surface area contributed by atoms with Crippen LogP contribution in [0.25, 0.3) is 0 Å². The van der Waals surface area contributed by atoms with Gasteiger partial charge in [0.05, 0.1) is 30.1 Å². The molecular weight excluding hydrogens is 553 g/mol. The van der Waals surface area contributed by atoms with Crippen LogP contribution in [0, 0.1) is 0 Å². The molecule has 2 heterocycles. The molecule has 6 rings (SSSR count). The lowest BCUT2D eigenvalue weighted by atomic mass is 10.2. The van der Waals surface area contributed by atoms with Crippen LogP contribution < -0.4 is 15.0 Å². The molecular formula is C32H26N4O3S2. The highest BCUT2D eigenvalue weighted by Gasteiger charge is 2.39. The molecule has 2 amide bonds. The Morgan fingerprint density at radius 1 is 0.902 bits per heavy atom. The summed E-state index contributed by atoms with van der Waals surface area (Å²) in [5, 5.41) is 4.41. The number of methoxy groups -OCH3 is 1. The average molecular weight is 579 g/mol. The number of benzene rings is 4. The number of hydrogen-bond donors (Lipinski definition) is 1. The minimum atomic E-state index is -0.252. The first-order valence-corrected chi connectivity index (χ1v) is 14.6. The number of rotatable bonds is 6.